The van der Waals surface area contributed by atoms with Gasteiger partial charge in [0.15, 0.2) is 6.10 Å². The number of hydrogen-bond donors (Lipinski definition) is 1. The number of ketones is 1. The van der Waals surface area contributed by atoms with Crippen LogP contribution in [0.2, 0.25) is 0 Å². The Hall–Kier alpha value is -3.00. The van der Waals surface area contributed by atoms with Crippen LogP contribution in [0, 0.1) is 0 Å². The maximum atomic E-state index is 12.5. The van der Waals surface area contributed by atoms with Gasteiger partial charge in [0, 0.05) is 5.56 Å². The Kier molecular flexibility index (Phi) is 4.85. The molecular formula is C18H17NO6S. The summed E-state index contributed by atoms with van der Waals surface area (Å²) in [5.41, 5.74) is 6.72. The summed E-state index contributed by atoms with van der Waals surface area (Å²) in [6.45, 7) is 0. The van der Waals surface area contributed by atoms with Crippen molar-refractivity contribution in [3.05, 3.63) is 77.4 Å². The van der Waals surface area contributed by atoms with Gasteiger partial charge >= 0.3 is 10.1 Å². The lowest BCUT2D eigenvalue weighted by Gasteiger charge is -2.10. The Morgan fingerprint density at radius 3 is 2.35 bits per heavy atom. The number of nitrogens with two attached hydrogens (primary N) is 1. The lowest BCUT2D eigenvalue weighted by molar-refractivity contribution is -0.123. The van der Waals surface area contributed by atoms with Crippen LogP contribution in [0.4, 0.5) is 0 Å². The van der Waals surface area contributed by atoms with E-state index in [0.717, 1.165) is 0 Å². The molecule has 0 aromatic heterocycles. The van der Waals surface area contributed by atoms with E-state index >= 15 is 0 Å². The molecule has 26 heavy (non-hydrogen) atoms. The number of ether oxygens (including phenoxy) is 2. The molecule has 1 atom stereocenters. The van der Waals surface area contributed by atoms with Crippen LogP contribution in [0.3, 0.4) is 0 Å². The van der Waals surface area contributed by atoms with Gasteiger partial charge in [-0.3, -0.25) is 4.79 Å². The molecule has 0 radical (unpaired) electrons. The summed E-state index contributed by atoms with van der Waals surface area (Å²) in [7, 11) is -2.54. The van der Waals surface area contributed by atoms with Crippen molar-refractivity contribution in [3.8, 4) is 5.75 Å². The summed E-state index contributed by atoms with van der Waals surface area (Å²) in [5.74, 6) is -1.27. The van der Waals surface area contributed by atoms with E-state index < -0.39 is 27.8 Å². The van der Waals surface area contributed by atoms with Gasteiger partial charge in [0.25, 0.3) is 0 Å². The average molecular weight is 375 g/mol. The molecular weight excluding hydrogens is 358 g/mol. The number of hydrogen-bond acceptors (Lipinski definition) is 7. The molecule has 3 rings (SSSR count). The molecule has 1 aliphatic heterocycles. The predicted octanol–water partition coefficient (Wildman–Crippen LogP) is 2.01. The monoisotopic (exact) mass is 375 g/mol. The second-order valence-electron chi connectivity index (χ2n) is 5.60. The molecule has 0 amide bonds. The molecule has 2 aromatic carbocycles. The number of carbonyl (C=O) groups is 1. The number of carbonyl (C=O) groups excluding carboxylic acids is 1. The Balaban J connectivity index is 1.75. The van der Waals surface area contributed by atoms with Crippen LogP contribution in [-0.2, 0) is 29.6 Å². The van der Waals surface area contributed by atoms with Gasteiger partial charge in [-0.25, -0.2) is 0 Å². The third-order valence-corrected chi connectivity index (χ3v) is 4.85. The van der Waals surface area contributed by atoms with Crippen molar-refractivity contribution in [1.82, 2.24) is 0 Å². The third-order valence-electron chi connectivity index (χ3n) is 3.75. The van der Waals surface area contributed by atoms with E-state index in [2.05, 4.69) is 0 Å². The quantitative estimate of drug-likeness (QED) is 0.770. The van der Waals surface area contributed by atoms with Gasteiger partial charge in [-0.05, 0) is 17.7 Å². The number of methoxy groups -OCH3 is 1. The van der Waals surface area contributed by atoms with Crippen molar-refractivity contribution in [3.63, 3.8) is 0 Å². The fourth-order valence-electron chi connectivity index (χ4n) is 2.49. The van der Waals surface area contributed by atoms with E-state index in [-0.39, 0.29) is 11.6 Å². The maximum Gasteiger partial charge on any atom is 0.313 e. The summed E-state index contributed by atoms with van der Waals surface area (Å²) >= 11 is 0. The van der Waals surface area contributed by atoms with E-state index in [4.69, 9.17) is 19.4 Å². The van der Waals surface area contributed by atoms with Crippen LogP contribution in [0.5, 0.6) is 5.75 Å². The zero-order valence-corrected chi connectivity index (χ0v) is 14.7. The Bertz CT molecular complexity index is 935. The fourth-order valence-corrected chi connectivity index (χ4v) is 3.57. The van der Waals surface area contributed by atoms with E-state index in [1.807, 2.05) is 0 Å². The predicted molar refractivity (Wildman–Crippen MR) is 93.2 cm³/mol. The molecule has 1 unspecified atom stereocenters. The van der Waals surface area contributed by atoms with Crippen LogP contribution in [-0.4, -0.2) is 21.3 Å². The number of benzene rings is 2. The first kappa shape index (κ1) is 17.8. The van der Waals surface area contributed by atoms with E-state index in [0.29, 0.717) is 16.9 Å². The van der Waals surface area contributed by atoms with Gasteiger partial charge in [-0.1, -0.05) is 42.5 Å². The molecule has 2 aromatic rings. The molecule has 1 aliphatic rings. The summed E-state index contributed by atoms with van der Waals surface area (Å²) in [4.78, 5) is 12.5. The molecule has 0 fully saturated rings. The topological polar surface area (TPSA) is 105 Å². The van der Waals surface area contributed by atoms with Gasteiger partial charge in [0.2, 0.25) is 17.4 Å². The standard InChI is InChI=1S/C18H17NO6S/c1-23-14-9-7-13(8-10-14)16-15(20)17(18(19)24-16)25-26(21,22)11-12-5-3-2-4-6-12/h2-10,16H,11,19H2,1H3. The minimum absolute atomic E-state index is 0.354. The Morgan fingerprint density at radius 1 is 1.08 bits per heavy atom. The highest BCUT2D eigenvalue weighted by atomic mass is 32.2. The Morgan fingerprint density at radius 2 is 1.73 bits per heavy atom. The van der Waals surface area contributed by atoms with Crippen molar-refractivity contribution in [2.75, 3.05) is 7.11 Å². The second-order valence-corrected chi connectivity index (χ2v) is 7.17. The van der Waals surface area contributed by atoms with Crippen LogP contribution in [0.25, 0.3) is 0 Å². The van der Waals surface area contributed by atoms with Crippen LogP contribution in [0.15, 0.2) is 66.2 Å². The largest absolute Gasteiger partial charge is 0.497 e. The van der Waals surface area contributed by atoms with E-state index in [1.165, 1.54) is 7.11 Å². The van der Waals surface area contributed by atoms with Gasteiger partial charge in [-0.2, -0.15) is 8.42 Å². The zero-order valence-electron chi connectivity index (χ0n) is 13.9. The average Bonchev–Trinajstić information content (AvgIpc) is 2.90. The molecule has 0 bridgehead atoms. The lowest BCUT2D eigenvalue weighted by atomic mass is 10.1. The number of rotatable bonds is 6. The highest BCUT2D eigenvalue weighted by Crippen LogP contribution is 2.33. The summed E-state index contributed by atoms with van der Waals surface area (Å²) < 4.78 is 39.8. The van der Waals surface area contributed by atoms with Crippen molar-refractivity contribution < 1.29 is 26.9 Å². The number of Topliss-reactive ketones (excluding diaryl/α,β-unsaturated/α-hetero) is 1. The Labute approximate surface area is 151 Å². The van der Waals surface area contributed by atoms with E-state index in [1.54, 1.807) is 54.6 Å². The molecule has 1 heterocycles. The first-order valence-corrected chi connectivity index (χ1v) is 9.28. The molecule has 136 valence electrons. The second kappa shape index (κ2) is 7.09. The minimum Gasteiger partial charge on any atom is -0.497 e. The fraction of sp³-hybridized carbons (Fsp3) is 0.167. The molecule has 7 nitrogen and oxygen atoms in total. The first-order valence-electron chi connectivity index (χ1n) is 7.70. The molecule has 0 aliphatic carbocycles. The van der Waals surface area contributed by atoms with Crippen LogP contribution in [0.1, 0.15) is 17.2 Å². The first-order chi connectivity index (χ1) is 12.4. The molecule has 0 saturated carbocycles. The SMILES string of the molecule is COc1ccc(C2OC(N)=C(OS(=O)(=O)Cc3ccccc3)C2=O)cc1. The van der Waals surface area contributed by atoms with Crippen LogP contribution < -0.4 is 10.5 Å². The van der Waals surface area contributed by atoms with Gasteiger partial charge in [0.1, 0.15) is 11.5 Å². The highest BCUT2D eigenvalue weighted by Gasteiger charge is 2.39. The normalized spacial score (nSPS) is 17.1. The summed E-state index contributed by atoms with van der Waals surface area (Å²) in [6.07, 6.45) is -1.05. The maximum absolute atomic E-state index is 12.5. The third kappa shape index (κ3) is 3.80. The highest BCUT2D eigenvalue weighted by molar-refractivity contribution is 7.86. The molecule has 0 spiro atoms. The molecule has 2 N–H and O–H groups in total. The molecule has 8 heteroatoms. The summed E-state index contributed by atoms with van der Waals surface area (Å²) in [5, 5.41) is 0. The van der Waals surface area contributed by atoms with Crippen molar-refractivity contribution in [1.29, 1.82) is 0 Å². The van der Waals surface area contributed by atoms with Crippen molar-refractivity contribution in [2.24, 2.45) is 5.73 Å². The van der Waals surface area contributed by atoms with E-state index in [9.17, 15) is 13.2 Å². The molecule has 0 saturated heterocycles. The van der Waals surface area contributed by atoms with Crippen LogP contribution >= 0.6 is 0 Å². The van der Waals surface area contributed by atoms with Gasteiger partial charge in [-0.15, -0.1) is 0 Å². The van der Waals surface area contributed by atoms with Crippen molar-refractivity contribution in [2.45, 2.75) is 11.9 Å². The smallest absolute Gasteiger partial charge is 0.313 e. The summed E-state index contributed by atoms with van der Waals surface area (Å²) in [6, 6.07) is 15.1. The van der Waals surface area contributed by atoms with Crippen molar-refractivity contribution >= 4 is 15.9 Å². The zero-order chi connectivity index (χ0) is 18.7. The van der Waals surface area contributed by atoms with Gasteiger partial charge in [0.05, 0.1) is 7.11 Å². The minimum atomic E-state index is -4.06. The lowest BCUT2D eigenvalue weighted by Crippen LogP contribution is -2.16. The van der Waals surface area contributed by atoms with Gasteiger partial charge < -0.3 is 19.4 Å².